The van der Waals surface area contributed by atoms with Crippen LogP contribution in [0.4, 0.5) is 0 Å². The molecule has 0 atom stereocenters. The summed E-state index contributed by atoms with van der Waals surface area (Å²) in [5, 5.41) is 17.0. The third kappa shape index (κ3) is 6.52. The number of carbonyl (C=O) groups is 1. The average Bonchev–Trinajstić information content (AvgIpc) is 2.24. The molecule has 0 saturated carbocycles. The van der Waals surface area contributed by atoms with Gasteiger partial charge in [0.15, 0.2) is 5.57 Å². The fourth-order valence-corrected chi connectivity index (χ4v) is 0.702. The molecule has 0 rings (SSSR count). The molecule has 0 aliphatic heterocycles. The Morgan fingerprint density at radius 3 is 2.80 bits per heavy atom. The maximum atomic E-state index is 11.2. The van der Waals surface area contributed by atoms with E-state index >= 15 is 0 Å². The number of esters is 1. The quantitative estimate of drug-likeness (QED) is 0.222. The first kappa shape index (κ1) is 13.5. The number of rotatable bonds is 7. The Labute approximate surface area is 88.9 Å². The molecule has 0 saturated heterocycles. The number of aliphatic hydroxyl groups is 1. The molecule has 0 aromatic heterocycles. The molecule has 0 aromatic rings. The summed E-state index contributed by atoms with van der Waals surface area (Å²) in [4.78, 5) is 11.2. The first-order valence-corrected chi connectivity index (χ1v) is 4.76. The Hall–Kier alpha value is -1.54. The molecule has 0 amide bonds. The standard InChI is InChI=1S/C10H15NO4/c1-2-3-5-15-10(13)9(7-11)8-14-6-4-12/h8,12H,2-6H2,1H3. The zero-order valence-electron chi connectivity index (χ0n) is 8.73. The van der Waals surface area contributed by atoms with E-state index in [0.717, 1.165) is 19.1 Å². The molecule has 84 valence electrons. The van der Waals surface area contributed by atoms with Gasteiger partial charge >= 0.3 is 5.97 Å². The lowest BCUT2D eigenvalue weighted by atomic mass is 10.3. The van der Waals surface area contributed by atoms with Crippen LogP contribution in [0.25, 0.3) is 0 Å². The van der Waals surface area contributed by atoms with Crippen LogP contribution in [0.15, 0.2) is 11.8 Å². The molecular weight excluding hydrogens is 198 g/mol. The summed E-state index contributed by atoms with van der Waals surface area (Å²) in [6.07, 6.45) is 2.69. The highest BCUT2D eigenvalue weighted by atomic mass is 16.5. The number of carbonyl (C=O) groups excluding carboxylic acids is 1. The van der Waals surface area contributed by atoms with E-state index in [0.29, 0.717) is 6.61 Å². The first-order chi connectivity index (χ1) is 7.26. The Balaban J connectivity index is 4.00. The highest BCUT2D eigenvalue weighted by Gasteiger charge is 2.10. The Morgan fingerprint density at radius 1 is 1.53 bits per heavy atom. The lowest BCUT2D eigenvalue weighted by Crippen LogP contribution is -2.08. The Kier molecular flexibility index (Phi) is 8.10. The number of unbranched alkanes of at least 4 members (excludes halogenated alkanes) is 1. The third-order valence-corrected chi connectivity index (χ3v) is 1.48. The summed E-state index contributed by atoms with van der Waals surface area (Å²) >= 11 is 0. The van der Waals surface area contributed by atoms with Crippen LogP contribution >= 0.6 is 0 Å². The van der Waals surface area contributed by atoms with Crippen molar-refractivity contribution in [3.8, 4) is 6.07 Å². The van der Waals surface area contributed by atoms with Crippen LogP contribution in [-0.2, 0) is 14.3 Å². The lowest BCUT2D eigenvalue weighted by molar-refractivity contribution is -0.138. The van der Waals surface area contributed by atoms with E-state index in [1.807, 2.05) is 6.92 Å². The van der Waals surface area contributed by atoms with E-state index in [4.69, 9.17) is 19.8 Å². The van der Waals surface area contributed by atoms with Gasteiger partial charge in [0, 0.05) is 0 Å². The summed E-state index contributed by atoms with van der Waals surface area (Å²) in [7, 11) is 0. The van der Waals surface area contributed by atoms with Crippen LogP contribution in [0.2, 0.25) is 0 Å². The predicted molar refractivity (Wildman–Crippen MR) is 52.6 cm³/mol. The van der Waals surface area contributed by atoms with Gasteiger partial charge in [-0.25, -0.2) is 4.79 Å². The normalized spacial score (nSPS) is 10.6. The fraction of sp³-hybridized carbons (Fsp3) is 0.600. The molecule has 15 heavy (non-hydrogen) atoms. The predicted octanol–water partition coefficient (Wildman–Crippen LogP) is 0.746. The van der Waals surface area contributed by atoms with Gasteiger partial charge in [-0.3, -0.25) is 0 Å². The van der Waals surface area contributed by atoms with Gasteiger partial charge in [0.05, 0.1) is 13.2 Å². The van der Waals surface area contributed by atoms with Gasteiger partial charge in [-0.05, 0) is 6.42 Å². The molecular formula is C10H15NO4. The van der Waals surface area contributed by atoms with Crippen molar-refractivity contribution in [1.29, 1.82) is 5.26 Å². The smallest absolute Gasteiger partial charge is 0.352 e. The SMILES string of the molecule is CCCCOC(=O)C(C#N)=COCCO. The Bertz CT molecular complexity index is 255. The van der Waals surface area contributed by atoms with Crippen molar-refractivity contribution in [2.75, 3.05) is 19.8 Å². The first-order valence-electron chi connectivity index (χ1n) is 4.76. The van der Waals surface area contributed by atoms with Gasteiger partial charge in [0.1, 0.15) is 18.9 Å². The number of ether oxygens (including phenoxy) is 2. The van der Waals surface area contributed by atoms with Crippen LogP contribution in [0.1, 0.15) is 19.8 Å². The highest BCUT2D eigenvalue weighted by Crippen LogP contribution is 1.99. The van der Waals surface area contributed by atoms with Gasteiger partial charge < -0.3 is 14.6 Å². The number of aliphatic hydroxyl groups excluding tert-OH is 1. The average molecular weight is 213 g/mol. The molecule has 0 unspecified atom stereocenters. The van der Waals surface area contributed by atoms with Crippen LogP contribution in [0.5, 0.6) is 0 Å². The van der Waals surface area contributed by atoms with E-state index in [9.17, 15) is 4.79 Å². The number of hydrogen-bond acceptors (Lipinski definition) is 5. The second-order valence-corrected chi connectivity index (χ2v) is 2.73. The van der Waals surface area contributed by atoms with Gasteiger partial charge in [0.25, 0.3) is 0 Å². The van der Waals surface area contributed by atoms with Crippen molar-refractivity contribution >= 4 is 5.97 Å². The summed E-state index contributed by atoms with van der Waals surface area (Å²) in [5.74, 6) is -0.691. The molecule has 0 radical (unpaired) electrons. The van der Waals surface area contributed by atoms with E-state index in [1.54, 1.807) is 6.07 Å². The van der Waals surface area contributed by atoms with E-state index in [2.05, 4.69) is 0 Å². The van der Waals surface area contributed by atoms with Crippen molar-refractivity contribution in [2.24, 2.45) is 0 Å². The zero-order valence-corrected chi connectivity index (χ0v) is 8.73. The second kappa shape index (κ2) is 9.03. The van der Waals surface area contributed by atoms with E-state index in [1.165, 1.54) is 0 Å². The molecule has 0 heterocycles. The molecule has 1 N–H and O–H groups in total. The van der Waals surface area contributed by atoms with Crippen molar-refractivity contribution in [1.82, 2.24) is 0 Å². The minimum absolute atomic E-state index is 0.0490. The van der Waals surface area contributed by atoms with Crippen molar-refractivity contribution in [3.05, 3.63) is 11.8 Å². The minimum Gasteiger partial charge on any atom is -0.497 e. The molecule has 5 nitrogen and oxygen atoms in total. The number of nitrogens with zero attached hydrogens (tertiary/aromatic N) is 1. The van der Waals surface area contributed by atoms with Gasteiger partial charge in [0.2, 0.25) is 0 Å². The summed E-state index contributed by atoms with van der Waals surface area (Å²) in [5.41, 5.74) is -0.195. The summed E-state index contributed by atoms with van der Waals surface area (Å²) in [6, 6.07) is 1.67. The topological polar surface area (TPSA) is 79.6 Å². The fourth-order valence-electron chi connectivity index (χ4n) is 0.702. The van der Waals surface area contributed by atoms with Crippen LogP contribution in [-0.4, -0.2) is 30.9 Å². The molecule has 0 aliphatic rings. The molecule has 0 spiro atoms. The number of hydrogen-bond donors (Lipinski definition) is 1. The Morgan fingerprint density at radius 2 is 2.27 bits per heavy atom. The maximum Gasteiger partial charge on any atom is 0.352 e. The second-order valence-electron chi connectivity index (χ2n) is 2.73. The highest BCUT2D eigenvalue weighted by molar-refractivity contribution is 5.92. The lowest BCUT2D eigenvalue weighted by Gasteiger charge is -2.02. The van der Waals surface area contributed by atoms with E-state index < -0.39 is 5.97 Å². The van der Waals surface area contributed by atoms with Gasteiger partial charge in [-0.15, -0.1) is 0 Å². The summed E-state index contributed by atoms with van der Waals surface area (Å²) < 4.78 is 9.52. The summed E-state index contributed by atoms with van der Waals surface area (Å²) in [6.45, 7) is 2.15. The molecule has 5 heteroatoms. The molecule has 0 bridgehead atoms. The number of nitriles is 1. The monoisotopic (exact) mass is 213 g/mol. The van der Waals surface area contributed by atoms with Gasteiger partial charge in [-0.1, -0.05) is 13.3 Å². The molecule has 0 aliphatic carbocycles. The minimum atomic E-state index is -0.691. The van der Waals surface area contributed by atoms with Crippen molar-refractivity contribution < 1.29 is 19.4 Å². The van der Waals surface area contributed by atoms with Gasteiger partial charge in [-0.2, -0.15) is 5.26 Å². The molecule has 0 fully saturated rings. The third-order valence-electron chi connectivity index (χ3n) is 1.48. The zero-order chi connectivity index (χ0) is 11.5. The van der Waals surface area contributed by atoms with Crippen LogP contribution < -0.4 is 0 Å². The van der Waals surface area contributed by atoms with Crippen LogP contribution in [0.3, 0.4) is 0 Å². The van der Waals surface area contributed by atoms with E-state index in [-0.39, 0.29) is 18.8 Å². The maximum absolute atomic E-state index is 11.2. The van der Waals surface area contributed by atoms with Crippen molar-refractivity contribution in [3.63, 3.8) is 0 Å². The largest absolute Gasteiger partial charge is 0.497 e. The van der Waals surface area contributed by atoms with Crippen molar-refractivity contribution in [2.45, 2.75) is 19.8 Å². The van der Waals surface area contributed by atoms with Crippen LogP contribution in [0, 0.1) is 11.3 Å². The molecule has 0 aromatic carbocycles.